The molecule has 1 unspecified atom stereocenters. The normalized spacial score (nSPS) is 17.1. The van der Waals surface area contributed by atoms with Crippen LogP contribution in [0.25, 0.3) is 0 Å². The van der Waals surface area contributed by atoms with Gasteiger partial charge in [-0.3, -0.25) is 9.59 Å². The molecular formula is C25H25ClN2O6. The molecule has 4 rings (SSSR count). The molecule has 2 heterocycles. The Morgan fingerprint density at radius 2 is 1.94 bits per heavy atom. The van der Waals surface area contributed by atoms with Gasteiger partial charge in [0.1, 0.15) is 6.54 Å². The topological polar surface area (TPSA) is 94.2 Å². The molecule has 8 nitrogen and oxygen atoms in total. The first-order valence-corrected chi connectivity index (χ1v) is 11.3. The number of rotatable bonds is 7. The van der Waals surface area contributed by atoms with E-state index in [9.17, 15) is 14.4 Å². The maximum absolute atomic E-state index is 13.0. The van der Waals surface area contributed by atoms with E-state index in [-0.39, 0.29) is 44.7 Å². The highest BCUT2D eigenvalue weighted by molar-refractivity contribution is 6.31. The summed E-state index contributed by atoms with van der Waals surface area (Å²) < 4.78 is 15.9. The molecule has 1 N–H and O–H groups in total. The number of carbonyl (C=O) groups is 3. The molecule has 0 aromatic heterocycles. The molecule has 0 bridgehead atoms. The van der Waals surface area contributed by atoms with Gasteiger partial charge >= 0.3 is 5.97 Å². The van der Waals surface area contributed by atoms with E-state index in [2.05, 4.69) is 5.32 Å². The molecule has 9 heteroatoms. The lowest BCUT2D eigenvalue weighted by Crippen LogP contribution is -2.44. The van der Waals surface area contributed by atoms with Crippen molar-refractivity contribution in [1.29, 1.82) is 0 Å². The third kappa shape index (κ3) is 4.87. The van der Waals surface area contributed by atoms with Crippen molar-refractivity contribution < 1.29 is 28.6 Å². The smallest absolute Gasteiger partial charge is 0.336 e. The summed E-state index contributed by atoms with van der Waals surface area (Å²) in [5, 5.41) is 3.27. The minimum atomic E-state index is -0.548. The van der Waals surface area contributed by atoms with Crippen molar-refractivity contribution in [2.45, 2.75) is 32.7 Å². The molecule has 0 fully saturated rings. The molecule has 34 heavy (non-hydrogen) atoms. The fraction of sp³-hybridized carbons (Fsp3) is 0.320. The number of nitrogens with zero attached hydrogens (tertiary/aromatic N) is 1. The lowest BCUT2D eigenvalue weighted by molar-refractivity contribution is -0.141. The van der Waals surface area contributed by atoms with Crippen LogP contribution in [0.3, 0.4) is 0 Å². The molecule has 2 aliphatic rings. The predicted octanol–water partition coefficient (Wildman–Crippen LogP) is 3.54. The number of allylic oxidation sites excluding steroid dienone is 1. The monoisotopic (exact) mass is 484 g/mol. The lowest BCUT2D eigenvalue weighted by Gasteiger charge is -2.34. The number of fused-ring (bicyclic) bond motifs is 1. The number of benzene rings is 2. The Labute approximate surface area is 202 Å². The number of ether oxygens (including phenoxy) is 3. The quantitative estimate of drug-likeness (QED) is 0.604. The van der Waals surface area contributed by atoms with Gasteiger partial charge in [-0.15, -0.1) is 0 Å². The Balaban J connectivity index is 1.52. The summed E-state index contributed by atoms with van der Waals surface area (Å²) in [7, 11) is 0. The zero-order chi connectivity index (χ0) is 24.2. The van der Waals surface area contributed by atoms with E-state index < -0.39 is 11.9 Å². The Kier molecular flexibility index (Phi) is 7.07. The minimum absolute atomic E-state index is 0.00462. The van der Waals surface area contributed by atoms with Crippen molar-refractivity contribution in [2.75, 3.05) is 19.9 Å². The summed E-state index contributed by atoms with van der Waals surface area (Å²) >= 11 is 6.37. The van der Waals surface area contributed by atoms with E-state index in [0.29, 0.717) is 33.4 Å². The number of carbonyl (C=O) groups excluding carboxylic acids is 3. The average molecular weight is 485 g/mol. The van der Waals surface area contributed by atoms with E-state index in [1.54, 1.807) is 50.2 Å². The van der Waals surface area contributed by atoms with E-state index in [4.69, 9.17) is 25.8 Å². The van der Waals surface area contributed by atoms with Crippen LogP contribution >= 0.6 is 11.6 Å². The van der Waals surface area contributed by atoms with Crippen molar-refractivity contribution in [3.8, 4) is 11.5 Å². The highest BCUT2D eigenvalue weighted by Crippen LogP contribution is 2.39. The molecule has 1 atom stereocenters. The van der Waals surface area contributed by atoms with Crippen LogP contribution in [0.4, 0.5) is 0 Å². The van der Waals surface area contributed by atoms with Gasteiger partial charge in [0.05, 0.1) is 12.2 Å². The molecule has 0 radical (unpaired) electrons. The Bertz CT molecular complexity index is 1160. The molecule has 2 aromatic rings. The maximum atomic E-state index is 13.0. The van der Waals surface area contributed by atoms with Gasteiger partial charge in [-0.2, -0.15) is 0 Å². The van der Waals surface area contributed by atoms with Gasteiger partial charge in [-0.1, -0.05) is 35.9 Å². The molecule has 0 saturated heterocycles. The summed E-state index contributed by atoms with van der Waals surface area (Å²) in [6, 6.07) is 12.5. The van der Waals surface area contributed by atoms with Crippen molar-refractivity contribution in [3.63, 3.8) is 0 Å². The molecule has 2 amide bonds. The number of hydrogen-bond donors (Lipinski definition) is 1. The van der Waals surface area contributed by atoms with Crippen molar-refractivity contribution in [1.82, 2.24) is 10.2 Å². The molecule has 0 spiro atoms. The fourth-order valence-electron chi connectivity index (χ4n) is 4.15. The van der Waals surface area contributed by atoms with Crippen LogP contribution in [-0.2, 0) is 25.7 Å². The standard InChI is InChI=1S/C25H25ClN2O6/c1-3-32-25(31)24-15(2)28(23(30)11-18(24)17-6-4-5-7-19(17)26)13-22(29)27-12-16-8-9-20-21(10-16)34-14-33-20/h4-10,18H,3,11-14H2,1-2H3,(H,27,29). The zero-order valence-corrected chi connectivity index (χ0v) is 19.7. The number of esters is 1. The Morgan fingerprint density at radius 1 is 1.18 bits per heavy atom. The van der Waals surface area contributed by atoms with Gasteiger partial charge in [0.25, 0.3) is 0 Å². The second kappa shape index (κ2) is 10.2. The Morgan fingerprint density at radius 3 is 2.71 bits per heavy atom. The summed E-state index contributed by atoms with van der Waals surface area (Å²) in [6.07, 6.45) is 0.00462. The van der Waals surface area contributed by atoms with E-state index in [0.717, 1.165) is 5.56 Å². The molecule has 0 saturated carbocycles. The van der Waals surface area contributed by atoms with Gasteiger partial charge in [0, 0.05) is 29.6 Å². The highest BCUT2D eigenvalue weighted by Gasteiger charge is 2.38. The highest BCUT2D eigenvalue weighted by atomic mass is 35.5. The SMILES string of the molecule is CCOC(=O)C1=C(C)N(CC(=O)NCc2ccc3c(c2)OCO3)C(=O)CC1c1ccccc1Cl. The second-order valence-electron chi connectivity index (χ2n) is 7.94. The summed E-state index contributed by atoms with van der Waals surface area (Å²) in [5.74, 6) is -0.411. The number of nitrogens with one attached hydrogen (secondary N) is 1. The van der Waals surface area contributed by atoms with Gasteiger partial charge < -0.3 is 24.4 Å². The number of halogens is 1. The number of hydrogen-bond acceptors (Lipinski definition) is 6. The summed E-state index contributed by atoms with van der Waals surface area (Å²) in [5.41, 5.74) is 2.23. The molecule has 2 aromatic carbocycles. The average Bonchev–Trinajstić information content (AvgIpc) is 3.28. The van der Waals surface area contributed by atoms with Crippen LogP contribution in [0, 0.1) is 0 Å². The molecule has 0 aliphatic carbocycles. The van der Waals surface area contributed by atoms with Crippen LogP contribution in [0.1, 0.15) is 37.3 Å². The van der Waals surface area contributed by atoms with Crippen LogP contribution in [-0.4, -0.2) is 42.6 Å². The van der Waals surface area contributed by atoms with Gasteiger partial charge in [-0.05, 0) is 43.2 Å². The second-order valence-corrected chi connectivity index (χ2v) is 8.35. The minimum Gasteiger partial charge on any atom is -0.463 e. The van der Waals surface area contributed by atoms with Gasteiger partial charge in [0.15, 0.2) is 11.5 Å². The van der Waals surface area contributed by atoms with Crippen LogP contribution in [0.15, 0.2) is 53.7 Å². The fourth-order valence-corrected chi connectivity index (χ4v) is 4.42. The van der Waals surface area contributed by atoms with Crippen molar-refractivity contribution in [2.24, 2.45) is 0 Å². The summed E-state index contributed by atoms with van der Waals surface area (Å²) in [4.78, 5) is 39.9. The number of amides is 2. The lowest BCUT2D eigenvalue weighted by atomic mass is 9.83. The largest absolute Gasteiger partial charge is 0.463 e. The molecular weight excluding hydrogens is 460 g/mol. The van der Waals surface area contributed by atoms with E-state index in [1.807, 2.05) is 6.07 Å². The first kappa shape index (κ1) is 23.6. The van der Waals surface area contributed by atoms with E-state index in [1.165, 1.54) is 4.90 Å². The predicted molar refractivity (Wildman–Crippen MR) is 124 cm³/mol. The molecule has 2 aliphatic heterocycles. The van der Waals surface area contributed by atoms with Crippen molar-refractivity contribution >= 4 is 29.4 Å². The van der Waals surface area contributed by atoms with Crippen molar-refractivity contribution in [3.05, 3.63) is 69.9 Å². The Hall–Kier alpha value is -3.52. The van der Waals surface area contributed by atoms with Crippen LogP contribution in [0.2, 0.25) is 5.02 Å². The zero-order valence-electron chi connectivity index (χ0n) is 18.9. The molecule has 178 valence electrons. The maximum Gasteiger partial charge on any atom is 0.336 e. The van der Waals surface area contributed by atoms with Gasteiger partial charge in [0.2, 0.25) is 18.6 Å². The third-order valence-electron chi connectivity index (χ3n) is 5.83. The van der Waals surface area contributed by atoms with Gasteiger partial charge in [-0.25, -0.2) is 4.79 Å². The van der Waals surface area contributed by atoms with E-state index >= 15 is 0 Å². The first-order valence-electron chi connectivity index (χ1n) is 11.0. The van der Waals surface area contributed by atoms with Crippen LogP contribution < -0.4 is 14.8 Å². The first-order chi connectivity index (χ1) is 16.4. The van der Waals surface area contributed by atoms with Crippen LogP contribution in [0.5, 0.6) is 11.5 Å². The summed E-state index contributed by atoms with van der Waals surface area (Å²) in [6.45, 7) is 3.77. The third-order valence-corrected chi connectivity index (χ3v) is 6.17.